The van der Waals surface area contributed by atoms with E-state index in [0.717, 1.165) is 32.2 Å². The van der Waals surface area contributed by atoms with Crippen molar-refractivity contribution in [3.05, 3.63) is 0 Å². The van der Waals surface area contributed by atoms with Crippen molar-refractivity contribution in [2.75, 3.05) is 34.4 Å². The summed E-state index contributed by atoms with van der Waals surface area (Å²) in [7, 11) is 2.45. The summed E-state index contributed by atoms with van der Waals surface area (Å²) < 4.78 is 16.6. The molecule has 0 aromatic carbocycles. The Morgan fingerprint density at radius 2 is 1.33 bits per heavy atom. The first-order chi connectivity index (χ1) is 8.70. The molecule has 0 bridgehead atoms. The Kier molecular flexibility index (Phi) is 10.9. The molecule has 0 aromatic heterocycles. The lowest BCUT2D eigenvalue weighted by Gasteiger charge is -2.32. The molecule has 0 aliphatic rings. The average molecular weight is 278 g/mol. The second-order valence-electron chi connectivity index (χ2n) is 4.48. The van der Waals surface area contributed by atoms with Gasteiger partial charge < -0.3 is 24.7 Å². The smallest absolute Gasteiger partial charge is 0.377 e. The molecule has 18 heavy (non-hydrogen) atoms. The van der Waals surface area contributed by atoms with E-state index >= 15 is 0 Å². The Morgan fingerprint density at radius 3 is 1.78 bits per heavy atom. The molecule has 0 radical (unpaired) electrons. The van der Waals surface area contributed by atoms with Crippen LogP contribution in [0.15, 0.2) is 0 Å². The van der Waals surface area contributed by atoms with Gasteiger partial charge in [0.2, 0.25) is 0 Å². The molecule has 0 aromatic rings. The molecule has 0 saturated carbocycles. The molecule has 1 atom stereocenters. The molecule has 0 aliphatic carbocycles. The van der Waals surface area contributed by atoms with Crippen LogP contribution < -0.4 is 11.5 Å². The Balaban J connectivity index is 4.26. The Hall–Kier alpha value is 0.0169. The van der Waals surface area contributed by atoms with E-state index in [1.165, 1.54) is 12.8 Å². The highest BCUT2D eigenvalue weighted by Crippen LogP contribution is 2.32. The Bertz CT molecular complexity index is 184. The number of hydrogen-bond donors (Lipinski definition) is 2. The molecule has 0 heterocycles. The molecule has 0 spiro atoms. The maximum Gasteiger partial charge on any atom is 0.503 e. The summed E-state index contributed by atoms with van der Waals surface area (Å²) in [4.78, 5) is 0. The standard InChI is InChI=1S/C12H30N2O3Si/c1-15-18(16-2,17-3)12(9-11-14)8-6-4-5-7-10-13/h12H,4-11,13-14H2,1-3H3. The zero-order valence-corrected chi connectivity index (χ0v) is 13.1. The Labute approximate surface area is 113 Å². The van der Waals surface area contributed by atoms with Crippen LogP contribution in [0.5, 0.6) is 0 Å². The van der Waals surface area contributed by atoms with Crippen molar-refractivity contribution in [2.45, 2.75) is 44.1 Å². The molecular weight excluding hydrogens is 248 g/mol. The summed E-state index contributed by atoms with van der Waals surface area (Å²) in [6.45, 7) is 1.41. The summed E-state index contributed by atoms with van der Waals surface area (Å²) in [5, 5.41) is 0. The van der Waals surface area contributed by atoms with Crippen LogP contribution in [0.4, 0.5) is 0 Å². The molecule has 0 amide bonds. The van der Waals surface area contributed by atoms with E-state index in [0.29, 0.717) is 12.1 Å². The van der Waals surface area contributed by atoms with Crippen LogP contribution in [0.1, 0.15) is 38.5 Å². The maximum atomic E-state index is 5.68. The normalized spacial score (nSPS) is 13.8. The first-order valence-corrected chi connectivity index (χ1v) is 8.56. The lowest BCUT2D eigenvalue weighted by Crippen LogP contribution is -2.48. The van der Waals surface area contributed by atoms with Gasteiger partial charge in [-0.25, -0.2) is 0 Å². The lowest BCUT2D eigenvalue weighted by molar-refractivity contribution is 0.108. The minimum absolute atomic E-state index is 0.292. The zero-order valence-electron chi connectivity index (χ0n) is 12.1. The van der Waals surface area contributed by atoms with Crippen molar-refractivity contribution in [1.29, 1.82) is 0 Å². The molecule has 0 aliphatic heterocycles. The van der Waals surface area contributed by atoms with Gasteiger partial charge in [-0.1, -0.05) is 19.3 Å². The van der Waals surface area contributed by atoms with Crippen molar-refractivity contribution in [1.82, 2.24) is 0 Å². The van der Waals surface area contributed by atoms with Crippen LogP contribution in [0.25, 0.3) is 0 Å². The first-order valence-electron chi connectivity index (χ1n) is 6.76. The number of rotatable bonds is 12. The molecule has 0 rings (SSSR count). The van der Waals surface area contributed by atoms with Crippen LogP contribution in [-0.4, -0.2) is 43.2 Å². The maximum absolute atomic E-state index is 5.68. The van der Waals surface area contributed by atoms with Gasteiger partial charge in [0.05, 0.1) is 0 Å². The first kappa shape index (κ1) is 18.0. The zero-order chi connectivity index (χ0) is 13.9. The fraction of sp³-hybridized carbons (Fsp3) is 1.00. The van der Waals surface area contributed by atoms with E-state index < -0.39 is 8.80 Å². The second-order valence-corrected chi connectivity index (χ2v) is 7.73. The predicted molar refractivity (Wildman–Crippen MR) is 76.3 cm³/mol. The second kappa shape index (κ2) is 10.9. The third-order valence-electron chi connectivity index (χ3n) is 3.38. The summed E-state index contributed by atoms with van der Waals surface area (Å²) in [5.74, 6) is 0. The fourth-order valence-corrected chi connectivity index (χ4v) is 4.92. The van der Waals surface area contributed by atoms with Crippen molar-refractivity contribution < 1.29 is 13.3 Å². The van der Waals surface area contributed by atoms with Crippen LogP contribution in [0, 0.1) is 0 Å². The van der Waals surface area contributed by atoms with Gasteiger partial charge in [-0.05, 0) is 32.4 Å². The molecule has 5 nitrogen and oxygen atoms in total. The van der Waals surface area contributed by atoms with Gasteiger partial charge in [-0.3, -0.25) is 0 Å². The number of hydrogen-bond acceptors (Lipinski definition) is 5. The van der Waals surface area contributed by atoms with Gasteiger partial charge in [0, 0.05) is 26.9 Å². The van der Waals surface area contributed by atoms with Gasteiger partial charge in [0.25, 0.3) is 0 Å². The van der Waals surface area contributed by atoms with Crippen LogP contribution in [0.3, 0.4) is 0 Å². The van der Waals surface area contributed by atoms with Gasteiger partial charge in [-0.15, -0.1) is 0 Å². The topological polar surface area (TPSA) is 79.7 Å². The molecule has 0 saturated heterocycles. The van der Waals surface area contributed by atoms with Gasteiger partial charge in [0.1, 0.15) is 0 Å². The average Bonchev–Trinajstić information content (AvgIpc) is 2.41. The van der Waals surface area contributed by atoms with Crippen LogP contribution in [0.2, 0.25) is 5.54 Å². The highest BCUT2D eigenvalue weighted by Gasteiger charge is 2.46. The quantitative estimate of drug-likeness (QED) is 0.418. The van der Waals surface area contributed by atoms with Crippen molar-refractivity contribution >= 4 is 8.80 Å². The third-order valence-corrected chi connectivity index (χ3v) is 6.66. The minimum Gasteiger partial charge on any atom is -0.377 e. The third kappa shape index (κ3) is 5.77. The van der Waals surface area contributed by atoms with Gasteiger partial charge >= 0.3 is 8.80 Å². The van der Waals surface area contributed by atoms with Gasteiger partial charge in [0.15, 0.2) is 0 Å². The van der Waals surface area contributed by atoms with Gasteiger partial charge in [-0.2, -0.15) is 0 Å². The summed E-state index contributed by atoms with van der Waals surface area (Å²) in [6.07, 6.45) is 6.56. The largest absolute Gasteiger partial charge is 0.503 e. The molecule has 4 N–H and O–H groups in total. The molecule has 1 unspecified atom stereocenters. The van der Waals surface area contributed by atoms with Crippen molar-refractivity contribution in [3.63, 3.8) is 0 Å². The molecular formula is C12H30N2O3Si. The van der Waals surface area contributed by atoms with Crippen molar-refractivity contribution in [2.24, 2.45) is 11.5 Å². The number of unbranched alkanes of at least 4 members (excludes halogenated alkanes) is 3. The fourth-order valence-electron chi connectivity index (χ4n) is 2.34. The van der Waals surface area contributed by atoms with E-state index in [1.807, 2.05) is 0 Å². The van der Waals surface area contributed by atoms with E-state index in [1.54, 1.807) is 21.3 Å². The monoisotopic (exact) mass is 278 g/mol. The van der Waals surface area contributed by atoms with E-state index in [4.69, 9.17) is 24.7 Å². The Morgan fingerprint density at radius 1 is 0.778 bits per heavy atom. The summed E-state index contributed by atoms with van der Waals surface area (Å²) in [5.41, 5.74) is 11.5. The highest BCUT2D eigenvalue weighted by atomic mass is 28.4. The SMILES string of the molecule is CO[Si](OC)(OC)C(CCN)CCCCCCN. The highest BCUT2D eigenvalue weighted by molar-refractivity contribution is 6.62. The van der Waals surface area contributed by atoms with Crippen LogP contribution in [-0.2, 0) is 13.3 Å². The summed E-state index contributed by atoms with van der Waals surface area (Å²) in [6, 6.07) is 0. The molecule has 0 fully saturated rings. The summed E-state index contributed by atoms with van der Waals surface area (Å²) >= 11 is 0. The van der Waals surface area contributed by atoms with E-state index in [2.05, 4.69) is 0 Å². The molecule has 6 heteroatoms. The predicted octanol–water partition coefficient (Wildman–Crippen LogP) is 1.49. The molecule has 110 valence electrons. The van der Waals surface area contributed by atoms with Crippen LogP contribution >= 0.6 is 0 Å². The van der Waals surface area contributed by atoms with Crippen molar-refractivity contribution in [3.8, 4) is 0 Å². The minimum atomic E-state index is -2.54. The van der Waals surface area contributed by atoms with E-state index in [9.17, 15) is 0 Å². The number of nitrogens with two attached hydrogens (primary N) is 2. The lowest BCUT2D eigenvalue weighted by atomic mass is 10.1. The van der Waals surface area contributed by atoms with E-state index in [-0.39, 0.29) is 0 Å².